The fourth-order valence-electron chi connectivity index (χ4n) is 4.51. The molecule has 3 heterocycles. The van der Waals surface area contributed by atoms with Gasteiger partial charge in [0.1, 0.15) is 4.34 Å². The fraction of sp³-hybridized carbons (Fsp3) is 0.185. The molecule has 39 heavy (non-hydrogen) atoms. The van der Waals surface area contributed by atoms with Gasteiger partial charge in [0, 0.05) is 18.7 Å². The molecule has 0 saturated heterocycles. The number of aromatic nitrogens is 2. The van der Waals surface area contributed by atoms with Crippen LogP contribution in [0.2, 0.25) is 9.36 Å². The second-order valence-electron chi connectivity index (χ2n) is 8.84. The van der Waals surface area contributed by atoms with Gasteiger partial charge in [0.25, 0.3) is 17.7 Å². The zero-order valence-corrected chi connectivity index (χ0v) is 22.7. The fourth-order valence-corrected chi connectivity index (χ4v) is 5.93. The summed E-state index contributed by atoms with van der Waals surface area (Å²) in [6, 6.07) is 10.6. The Labute approximate surface area is 235 Å². The van der Waals surface area contributed by atoms with Crippen LogP contribution in [0.5, 0.6) is 0 Å². The van der Waals surface area contributed by atoms with E-state index in [2.05, 4.69) is 10.4 Å². The maximum Gasteiger partial charge on any atom is 0.261 e. The molecule has 7 nitrogen and oxygen atoms in total. The molecule has 200 valence electrons. The first-order valence-electron chi connectivity index (χ1n) is 11.9. The van der Waals surface area contributed by atoms with Crippen molar-refractivity contribution in [3.8, 4) is 11.3 Å². The summed E-state index contributed by atoms with van der Waals surface area (Å²) in [6.45, 7) is 2.24. The molecule has 5 rings (SSSR count). The summed E-state index contributed by atoms with van der Waals surface area (Å²) in [6.07, 6.45) is 1.52. The Morgan fingerprint density at radius 1 is 1.03 bits per heavy atom. The monoisotopic (exact) mass is 588 g/mol. The number of amides is 3. The SMILES string of the molecule is CCn1ncc(Cl)c1-c1cc(C(=O)N[C@@H](Cc2ccc(F)c(F)c2)CN2C(=O)c3ccccc3C2=O)sc1Cl. The van der Waals surface area contributed by atoms with Crippen molar-refractivity contribution in [2.75, 3.05) is 6.54 Å². The van der Waals surface area contributed by atoms with Crippen LogP contribution in [0.25, 0.3) is 11.3 Å². The van der Waals surface area contributed by atoms with Gasteiger partial charge in [0.2, 0.25) is 0 Å². The zero-order chi connectivity index (χ0) is 27.8. The maximum absolute atomic E-state index is 13.9. The number of imide groups is 1. The lowest BCUT2D eigenvalue weighted by Gasteiger charge is -2.24. The molecule has 3 amide bonds. The van der Waals surface area contributed by atoms with E-state index in [0.29, 0.717) is 32.7 Å². The van der Waals surface area contributed by atoms with Gasteiger partial charge in [0.15, 0.2) is 11.6 Å². The summed E-state index contributed by atoms with van der Waals surface area (Å²) < 4.78 is 29.4. The second kappa shape index (κ2) is 10.9. The number of rotatable bonds is 8. The highest BCUT2D eigenvalue weighted by molar-refractivity contribution is 7.18. The van der Waals surface area contributed by atoms with E-state index in [-0.39, 0.29) is 29.0 Å². The van der Waals surface area contributed by atoms with Crippen LogP contribution < -0.4 is 5.32 Å². The average molecular weight is 589 g/mol. The number of nitrogens with one attached hydrogen (secondary N) is 1. The number of thiophene rings is 1. The molecule has 1 atom stereocenters. The minimum Gasteiger partial charge on any atom is -0.346 e. The number of carbonyl (C=O) groups excluding carboxylic acids is 3. The Hall–Kier alpha value is -3.60. The average Bonchev–Trinajstić information content (AvgIpc) is 3.56. The molecule has 1 aliphatic heterocycles. The third kappa shape index (κ3) is 5.19. The van der Waals surface area contributed by atoms with E-state index in [1.54, 1.807) is 35.0 Å². The van der Waals surface area contributed by atoms with Crippen molar-refractivity contribution in [3.63, 3.8) is 0 Å². The molecule has 0 bridgehead atoms. The topological polar surface area (TPSA) is 84.3 Å². The van der Waals surface area contributed by atoms with E-state index in [4.69, 9.17) is 23.2 Å². The number of aryl methyl sites for hydroxylation is 1. The smallest absolute Gasteiger partial charge is 0.261 e. The Bertz CT molecular complexity index is 1590. The van der Waals surface area contributed by atoms with E-state index in [0.717, 1.165) is 28.4 Å². The van der Waals surface area contributed by atoms with Gasteiger partial charge < -0.3 is 5.32 Å². The zero-order valence-electron chi connectivity index (χ0n) is 20.4. The molecular formula is C27H20Cl2F2N4O3S. The molecular weight excluding hydrogens is 569 g/mol. The van der Waals surface area contributed by atoms with Crippen molar-refractivity contribution in [1.29, 1.82) is 0 Å². The van der Waals surface area contributed by atoms with E-state index < -0.39 is 35.4 Å². The van der Waals surface area contributed by atoms with Crippen LogP contribution in [0.15, 0.2) is 54.7 Å². The summed E-state index contributed by atoms with van der Waals surface area (Å²) in [5.41, 5.74) is 2.01. The number of nitrogens with zero attached hydrogens (tertiary/aromatic N) is 3. The van der Waals surface area contributed by atoms with E-state index >= 15 is 0 Å². The molecule has 4 aromatic rings. The van der Waals surface area contributed by atoms with Crippen LogP contribution in [0, 0.1) is 11.6 Å². The van der Waals surface area contributed by atoms with Crippen LogP contribution in [-0.4, -0.2) is 45.0 Å². The largest absolute Gasteiger partial charge is 0.346 e. The van der Waals surface area contributed by atoms with Gasteiger partial charge in [-0.15, -0.1) is 11.3 Å². The van der Waals surface area contributed by atoms with Crippen LogP contribution >= 0.6 is 34.5 Å². The molecule has 2 aromatic carbocycles. The summed E-state index contributed by atoms with van der Waals surface area (Å²) in [7, 11) is 0. The van der Waals surface area contributed by atoms with Gasteiger partial charge in [-0.1, -0.05) is 41.4 Å². The Morgan fingerprint density at radius 2 is 1.72 bits per heavy atom. The second-order valence-corrected chi connectivity index (χ2v) is 10.9. The standard InChI is InChI=1S/C27H20Cl2F2N4O3S/c1-2-35-23(19(28)12-32-35)18-11-22(39-24(18)29)25(36)33-15(9-14-7-8-20(30)21(31)10-14)13-34-26(37)16-5-3-4-6-17(16)27(34)38/h3-8,10-12,15H,2,9,13H2,1H3,(H,33,36)/t15-/m0/s1. The minimum atomic E-state index is -1.04. The first-order chi connectivity index (χ1) is 18.7. The first-order valence-corrected chi connectivity index (χ1v) is 13.5. The van der Waals surface area contributed by atoms with Crippen LogP contribution in [0.4, 0.5) is 8.78 Å². The highest BCUT2D eigenvalue weighted by Crippen LogP contribution is 2.39. The van der Waals surface area contributed by atoms with E-state index in [1.807, 2.05) is 6.92 Å². The van der Waals surface area contributed by atoms with E-state index in [1.165, 1.54) is 12.3 Å². The van der Waals surface area contributed by atoms with Crippen molar-refractivity contribution in [3.05, 3.63) is 97.3 Å². The molecule has 2 aromatic heterocycles. The van der Waals surface area contributed by atoms with Gasteiger partial charge in [0.05, 0.1) is 39.0 Å². The van der Waals surface area contributed by atoms with Crippen molar-refractivity contribution in [1.82, 2.24) is 20.0 Å². The number of hydrogen-bond donors (Lipinski definition) is 1. The molecule has 0 saturated carbocycles. The van der Waals surface area contributed by atoms with Gasteiger partial charge in [-0.25, -0.2) is 8.78 Å². The van der Waals surface area contributed by atoms with E-state index in [9.17, 15) is 23.2 Å². The maximum atomic E-state index is 13.9. The van der Waals surface area contributed by atoms with Gasteiger partial charge in [-0.05, 0) is 49.2 Å². The Kier molecular flexibility index (Phi) is 7.53. The molecule has 0 unspecified atom stereocenters. The molecule has 0 aliphatic carbocycles. The summed E-state index contributed by atoms with van der Waals surface area (Å²) in [4.78, 5) is 40.6. The lowest BCUT2D eigenvalue weighted by atomic mass is 10.0. The molecule has 0 fully saturated rings. The van der Waals surface area contributed by atoms with Crippen molar-refractivity contribution < 1.29 is 23.2 Å². The van der Waals surface area contributed by atoms with Crippen LogP contribution in [-0.2, 0) is 13.0 Å². The number of benzene rings is 2. The third-order valence-electron chi connectivity index (χ3n) is 6.34. The highest BCUT2D eigenvalue weighted by atomic mass is 35.5. The third-order valence-corrected chi connectivity index (χ3v) is 7.98. The number of carbonyl (C=O) groups is 3. The van der Waals surface area contributed by atoms with Gasteiger partial charge in [-0.3, -0.25) is 24.0 Å². The highest BCUT2D eigenvalue weighted by Gasteiger charge is 2.37. The molecule has 1 N–H and O–H groups in total. The summed E-state index contributed by atoms with van der Waals surface area (Å²) in [5, 5.41) is 7.42. The molecule has 1 aliphatic rings. The summed E-state index contributed by atoms with van der Waals surface area (Å²) in [5.74, 6) is -3.56. The molecule has 0 spiro atoms. The molecule has 12 heteroatoms. The summed E-state index contributed by atoms with van der Waals surface area (Å²) >= 11 is 13.8. The van der Waals surface area contributed by atoms with Crippen LogP contribution in [0.3, 0.4) is 0 Å². The minimum absolute atomic E-state index is 0.0245. The number of hydrogen-bond acceptors (Lipinski definition) is 5. The molecule has 0 radical (unpaired) electrons. The van der Waals surface area contributed by atoms with Crippen molar-refractivity contribution >= 4 is 52.3 Å². The van der Waals surface area contributed by atoms with Gasteiger partial charge >= 0.3 is 0 Å². The normalized spacial score (nSPS) is 13.6. The lowest BCUT2D eigenvalue weighted by Crippen LogP contribution is -2.46. The number of halogens is 4. The van der Waals surface area contributed by atoms with Crippen molar-refractivity contribution in [2.24, 2.45) is 0 Å². The van der Waals surface area contributed by atoms with Gasteiger partial charge in [-0.2, -0.15) is 5.10 Å². The number of fused-ring (bicyclic) bond motifs is 1. The van der Waals surface area contributed by atoms with Crippen LogP contribution in [0.1, 0.15) is 42.9 Å². The lowest BCUT2D eigenvalue weighted by molar-refractivity contribution is 0.0629. The Balaban J connectivity index is 1.43. The first kappa shape index (κ1) is 27.0. The predicted molar refractivity (Wildman–Crippen MR) is 144 cm³/mol. The predicted octanol–water partition coefficient (Wildman–Crippen LogP) is 5.85. The Morgan fingerprint density at radius 3 is 2.36 bits per heavy atom. The van der Waals surface area contributed by atoms with Crippen molar-refractivity contribution in [2.45, 2.75) is 25.9 Å². The quantitative estimate of drug-likeness (QED) is 0.261.